The smallest absolute Gasteiger partial charge is 0.408 e. The average Bonchev–Trinajstić information content (AvgIpc) is 3.00. The molecule has 3 atom stereocenters. The number of rotatable bonds is 12. The molecule has 0 radical (unpaired) electrons. The first kappa shape index (κ1) is 38.0. The van der Waals surface area contributed by atoms with Crippen molar-refractivity contribution < 1.29 is 33.8 Å². The zero-order valence-electron chi connectivity index (χ0n) is 30.2. The number of hydrogen-bond donors (Lipinski definition) is 3. The fourth-order valence-corrected chi connectivity index (χ4v) is 5.82. The molecule has 0 aliphatic heterocycles. The third-order valence-electron chi connectivity index (χ3n) is 8.35. The third-order valence-corrected chi connectivity index (χ3v) is 8.35. The predicted molar refractivity (Wildman–Crippen MR) is 191 cm³/mol. The van der Waals surface area contributed by atoms with E-state index >= 15 is 0 Å². The largest absolute Gasteiger partial charge is 0.508 e. The second-order valence-electron chi connectivity index (χ2n) is 15.0. The molecule has 3 unspecified atom stereocenters. The fourth-order valence-electron chi connectivity index (χ4n) is 5.82. The maximum Gasteiger partial charge on any atom is 0.408 e. The Hall–Kier alpha value is -4.86. The molecular formula is C40H51N3O7. The molecule has 1 fully saturated rings. The van der Waals surface area contributed by atoms with Crippen LogP contribution in [0.4, 0.5) is 4.79 Å². The van der Waals surface area contributed by atoms with Crippen LogP contribution in [0.2, 0.25) is 0 Å². The van der Waals surface area contributed by atoms with Crippen molar-refractivity contribution in [1.29, 1.82) is 0 Å². The van der Waals surface area contributed by atoms with Crippen LogP contribution in [0.5, 0.6) is 5.75 Å². The highest BCUT2D eigenvalue weighted by atomic mass is 16.6. The van der Waals surface area contributed by atoms with Gasteiger partial charge in [-0.2, -0.15) is 0 Å². The Labute approximate surface area is 295 Å². The average molecular weight is 686 g/mol. The van der Waals surface area contributed by atoms with Gasteiger partial charge in [-0.3, -0.25) is 9.59 Å². The van der Waals surface area contributed by atoms with E-state index in [1.165, 1.54) is 6.07 Å². The fraction of sp³-hybridized carbons (Fsp3) is 0.450. The van der Waals surface area contributed by atoms with Crippen LogP contribution >= 0.6 is 0 Å². The number of hydrogen-bond acceptors (Lipinski definition) is 7. The summed E-state index contributed by atoms with van der Waals surface area (Å²) in [4.78, 5) is 57.9. The quantitative estimate of drug-likeness (QED) is 0.190. The number of carbonyl (C=O) groups is 4. The lowest BCUT2D eigenvalue weighted by molar-refractivity contribution is -0.159. The maximum absolute atomic E-state index is 14.9. The van der Waals surface area contributed by atoms with E-state index in [9.17, 15) is 24.3 Å². The summed E-state index contributed by atoms with van der Waals surface area (Å²) in [7, 11) is 0. The number of aromatic hydroxyl groups is 1. The molecule has 3 aromatic carbocycles. The molecule has 0 spiro atoms. The molecule has 268 valence electrons. The Kier molecular flexibility index (Phi) is 12.3. The number of phenolic OH excluding ortho intramolecular Hbond substituents is 1. The summed E-state index contributed by atoms with van der Waals surface area (Å²) in [5, 5.41) is 16.1. The number of nitrogens with zero attached hydrogens (tertiary/aromatic N) is 1. The van der Waals surface area contributed by atoms with Gasteiger partial charge in [-0.25, -0.2) is 9.59 Å². The molecular weight excluding hydrogens is 634 g/mol. The lowest BCUT2D eigenvalue weighted by Gasteiger charge is -2.44. The zero-order chi connectivity index (χ0) is 36.6. The number of amides is 3. The minimum absolute atomic E-state index is 0.0404. The van der Waals surface area contributed by atoms with Gasteiger partial charge in [-0.05, 0) is 102 Å². The Morgan fingerprint density at radius 1 is 0.780 bits per heavy atom. The Morgan fingerprint density at radius 3 is 1.80 bits per heavy atom. The van der Waals surface area contributed by atoms with Gasteiger partial charge in [0.15, 0.2) is 0 Å². The monoisotopic (exact) mass is 685 g/mol. The molecule has 50 heavy (non-hydrogen) atoms. The molecule has 3 amide bonds. The molecule has 3 N–H and O–H groups in total. The molecule has 10 heteroatoms. The summed E-state index contributed by atoms with van der Waals surface area (Å²) in [6.45, 7) is 12.2. The van der Waals surface area contributed by atoms with Gasteiger partial charge in [0, 0.05) is 18.9 Å². The third kappa shape index (κ3) is 10.8. The molecule has 0 saturated heterocycles. The molecule has 1 aliphatic rings. The topological polar surface area (TPSA) is 134 Å². The lowest BCUT2D eigenvalue weighted by Crippen LogP contribution is -2.59. The minimum atomic E-state index is -1.20. The first-order valence-corrected chi connectivity index (χ1v) is 17.2. The van der Waals surface area contributed by atoms with Crippen molar-refractivity contribution in [3.05, 3.63) is 101 Å². The molecule has 0 aromatic heterocycles. The van der Waals surface area contributed by atoms with Crippen LogP contribution in [-0.2, 0) is 36.7 Å². The van der Waals surface area contributed by atoms with Gasteiger partial charge in [0.2, 0.25) is 11.8 Å². The maximum atomic E-state index is 14.9. The highest BCUT2D eigenvalue weighted by Gasteiger charge is 2.43. The number of ether oxygens (including phenoxy) is 2. The van der Waals surface area contributed by atoms with Gasteiger partial charge in [0.1, 0.15) is 35.1 Å². The van der Waals surface area contributed by atoms with Crippen LogP contribution in [0.3, 0.4) is 0 Å². The number of carbonyl (C=O) groups excluding carboxylic acids is 4. The van der Waals surface area contributed by atoms with Crippen molar-refractivity contribution in [1.82, 2.24) is 15.5 Å². The Morgan fingerprint density at radius 2 is 1.32 bits per heavy atom. The lowest BCUT2D eigenvalue weighted by atomic mass is 9.87. The summed E-state index contributed by atoms with van der Waals surface area (Å²) < 4.78 is 11.3. The molecule has 4 rings (SSSR count). The van der Waals surface area contributed by atoms with Crippen LogP contribution in [0.1, 0.15) is 89.1 Å². The second kappa shape index (κ2) is 16.2. The first-order chi connectivity index (χ1) is 23.5. The molecule has 1 aliphatic carbocycles. The normalized spacial score (nSPS) is 15.1. The number of phenols is 1. The van der Waals surface area contributed by atoms with E-state index in [1.807, 2.05) is 60.7 Å². The van der Waals surface area contributed by atoms with Crippen molar-refractivity contribution in [2.24, 2.45) is 0 Å². The number of aryl methyl sites for hydroxylation is 1. The van der Waals surface area contributed by atoms with Crippen LogP contribution in [0.15, 0.2) is 78.9 Å². The van der Waals surface area contributed by atoms with Crippen molar-refractivity contribution in [2.75, 3.05) is 0 Å². The molecule has 3 aromatic rings. The van der Waals surface area contributed by atoms with Crippen molar-refractivity contribution in [3.8, 4) is 5.75 Å². The van der Waals surface area contributed by atoms with E-state index < -0.39 is 53.2 Å². The second-order valence-corrected chi connectivity index (χ2v) is 15.0. The Bertz CT molecular complexity index is 1630. The zero-order valence-corrected chi connectivity index (χ0v) is 30.2. The number of alkyl carbamates (subject to hydrolysis) is 1. The van der Waals surface area contributed by atoms with Crippen LogP contribution in [0, 0.1) is 6.92 Å². The van der Waals surface area contributed by atoms with E-state index in [0.29, 0.717) is 24.0 Å². The highest BCUT2D eigenvalue weighted by molar-refractivity contribution is 5.94. The van der Waals surface area contributed by atoms with E-state index in [1.54, 1.807) is 65.5 Å². The van der Waals surface area contributed by atoms with Gasteiger partial charge < -0.3 is 30.1 Å². The number of nitrogens with one attached hydrogen (secondary N) is 2. The van der Waals surface area contributed by atoms with Gasteiger partial charge in [0.25, 0.3) is 0 Å². The summed E-state index contributed by atoms with van der Waals surface area (Å²) in [6.07, 6.45) is 1.72. The molecule has 0 heterocycles. The van der Waals surface area contributed by atoms with Crippen molar-refractivity contribution in [3.63, 3.8) is 0 Å². The summed E-state index contributed by atoms with van der Waals surface area (Å²) >= 11 is 0. The number of esters is 1. The molecule has 10 nitrogen and oxygen atoms in total. The van der Waals surface area contributed by atoms with Gasteiger partial charge in [-0.15, -0.1) is 0 Å². The van der Waals surface area contributed by atoms with Gasteiger partial charge >= 0.3 is 12.1 Å². The Balaban J connectivity index is 1.78. The number of benzene rings is 3. The first-order valence-electron chi connectivity index (χ1n) is 17.2. The van der Waals surface area contributed by atoms with E-state index in [0.717, 1.165) is 17.5 Å². The minimum Gasteiger partial charge on any atom is -0.508 e. The van der Waals surface area contributed by atoms with E-state index in [4.69, 9.17) is 9.47 Å². The van der Waals surface area contributed by atoms with Gasteiger partial charge in [0.05, 0.1) is 0 Å². The molecule has 0 bridgehead atoms. The summed E-state index contributed by atoms with van der Waals surface area (Å²) in [5.74, 6) is -1.62. The van der Waals surface area contributed by atoms with E-state index in [-0.39, 0.29) is 24.6 Å². The van der Waals surface area contributed by atoms with Crippen LogP contribution in [-0.4, -0.2) is 63.2 Å². The SMILES string of the molecule is Cc1cc(C(C(=O)NC(Cc2ccccc2)C(=O)OC(C)(C)C)N(C(=O)C(Cc2ccccc2)NC(=O)OC(C)(C)C)C2CCC2)ccc1O. The highest BCUT2D eigenvalue weighted by Crippen LogP contribution is 2.35. The van der Waals surface area contributed by atoms with Crippen molar-refractivity contribution >= 4 is 23.9 Å². The van der Waals surface area contributed by atoms with Crippen molar-refractivity contribution in [2.45, 2.75) is 116 Å². The molecule has 1 saturated carbocycles. The predicted octanol–water partition coefficient (Wildman–Crippen LogP) is 6.33. The summed E-state index contributed by atoms with van der Waals surface area (Å²) in [5.41, 5.74) is 0.982. The summed E-state index contributed by atoms with van der Waals surface area (Å²) in [6, 6.07) is 19.7. The van der Waals surface area contributed by atoms with Gasteiger partial charge in [-0.1, -0.05) is 66.7 Å². The van der Waals surface area contributed by atoms with E-state index in [2.05, 4.69) is 10.6 Å². The van der Waals surface area contributed by atoms with Crippen LogP contribution in [0.25, 0.3) is 0 Å². The van der Waals surface area contributed by atoms with Crippen LogP contribution < -0.4 is 10.6 Å². The standard InChI is InChI=1S/C40H51N3O7/c1-26-23-29(21-22-33(26)44)34(35(45)41-32(37(47)49-39(2,3)4)25-28-17-12-9-13-18-28)43(30-19-14-20-30)36(46)31(24-27-15-10-8-11-16-27)42-38(48)50-40(5,6)7/h8-13,15-18,21-23,30-32,34,44H,14,19-20,24-25H2,1-7H3,(H,41,45)(H,42,48).